The third-order valence-electron chi connectivity index (χ3n) is 6.14. The van der Waals surface area contributed by atoms with Gasteiger partial charge in [-0.15, -0.1) is 0 Å². The molecule has 0 spiro atoms. The quantitative estimate of drug-likeness (QED) is 0.761. The van der Waals surface area contributed by atoms with E-state index in [9.17, 15) is 10.1 Å². The molecule has 6 heteroatoms. The first-order valence-electron chi connectivity index (χ1n) is 10.5. The lowest BCUT2D eigenvalue weighted by atomic mass is 9.68. The van der Waals surface area contributed by atoms with Crippen molar-refractivity contribution < 1.29 is 14.3 Å². The van der Waals surface area contributed by atoms with Gasteiger partial charge in [-0.3, -0.25) is 9.69 Å². The Morgan fingerprint density at radius 2 is 1.75 bits per heavy atom. The van der Waals surface area contributed by atoms with E-state index in [1.54, 1.807) is 20.3 Å². The fourth-order valence-electron chi connectivity index (χ4n) is 4.75. The Hall–Kier alpha value is -3.72. The first-order valence-corrected chi connectivity index (χ1v) is 10.5. The molecule has 2 aromatic rings. The average molecular weight is 430 g/mol. The van der Waals surface area contributed by atoms with Gasteiger partial charge >= 0.3 is 0 Å². The van der Waals surface area contributed by atoms with Crippen molar-refractivity contribution in [3.8, 4) is 17.6 Å². The molecule has 0 saturated heterocycles. The van der Waals surface area contributed by atoms with Crippen LogP contribution in [-0.4, -0.2) is 20.0 Å². The number of nitriles is 1. The van der Waals surface area contributed by atoms with Crippen LogP contribution in [0.15, 0.2) is 71.2 Å². The first kappa shape index (κ1) is 21.5. The minimum atomic E-state index is -0.557. The number of carbonyl (C=O) groups is 1. The van der Waals surface area contributed by atoms with Crippen LogP contribution in [0, 0.1) is 16.7 Å². The van der Waals surface area contributed by atoms with Gasteiger partial charge in [0.05, 0.1) is 31.8 Å². The van der Waals surface area contributed by atoms with Crippen molar-refractivity contribution in [2.45, 2.75) is 32.6 Å². The number of hydrogen-bond acceptors (Lipinski definition) is 6. The second-order valence-corrected chi connectivity index (χ2v) is 8.93. The second kappa shape index (κ2) is 8.08. The molecule has 0 radical (unpaired) electrons. The maximum absolute atomic E-state index is 13.5. The molecule has 0 aromatic heterocycles. The van der Waals surface area contributed by atoms with Crippen LogP contribution >= 0.6 is 0 Å². The molecule has 2 aromatic carbocycles. The van der Waals surface area contributed by atoms with Crippen LogP contribution in [0.25, 0.3) is 0 Å². The van der Waals surface area contributed by atoms with Gasteiger partial charge in [-0.2, -0.15) is 5.26 Å². The maximum Gasteiger partial charge on any atom is 0.162 e. The lowest BCUT2D eigenvalue weighted by Gasteiger charge is -2.43. The zero-order valence-electron chi connectivity index (χ0n) is 18.8. The average Bonchev–Trinajstić information content (AvgIpc) is 2.77. The molecule has 1 aliphatic heterocycles. The lowest BCUT2D eigenvalue weighted by Crippen LogP contribution is -2.42. The summed E-state index contributed by atoms with van der Waals surface area (Å²) >= 11 is 0. The summed E-state index contributed by atoms with van der Waals surface area (Å²) in [5.41, 5.74) is 9.88. The summed E-state index contributed by atoms with van der Waals surface area (Å²) in [5.74, 6) is 0.953. The highest BCUT2D eigenvalue weighted by Gasteiger charge is 2.44. The summed E-state index contributed by atoms with van der Waals surface area (Å²) in [7, 11) is 3.13. The van der Waals surface area contributed by atoms with Gasteiger partial charge in [0.25, 0.3) is 0 Å². The van der Waals surface area contributed by atoms with Crippen LogP contribution in [-0.2, 0) is 4.79 Å². The Morgan fingerprint density at radius 1 is 1.06 bits per heavy atom. The summed E-state index contributed by atoms with van der Waals surface area (Å²) in [6.45, 7) is 4.17. The molecule has 164 valence electrons. The number of anilines is 1. The van der Waals surface area contributed by atoms with Crippen molar-refractivity contribution in [1.29, 1.82) is 5.26 Å². The van der Waals surface area contributed by atoms with Crippen molar-refractivity contribution in [2.75, 3.05) is 19.1 Å². The highest BCUT2D eigenvalue weighted by atomic mass is 16.5. The lowest BCUT2D eigenvalue weighted by molar-refractivity contribution is -0.118. The Morgan fingerprint density at radius 3 is 2.38 bits per heavy atom. The Labute approximate surface area is 188 Å². The number of ether oxygens (including phenoxy) is 2. The predicted molar refractivity (Wildman–Crippen MR) is 123 cm³/mol. The van der Waals surface area contributed by atoms with E-state index in [4.69, 9.17) is 15.2 Å². The Bertz CT molecular complexity index is 1170. The number of nitrogens with zero attached hydrogens (tertiary/aromatic N) is 2. The summed E-state index contributed by atoms with van der Waals surface area (Å²) in [4.78, 5) is 15.4. The third-order valence-corrected chi connectivity index (χ3v) is 6.14. The van der Waals surface area contributed by atoms with Crippen LogP contribution < -0.4 is 20.1 Å². The molecular formula is C26H27N3O3. The Balaban J connectivity index is 1.99. The minimum Gasteiger partial charge on any atom is -0.493 e. The fraction of sp³-hybridized carbons (Fsp3) is 0.308. The SMILES string of the molecule is COc1ccc(C2C(C#N)=C(N)N(c3ccccc3)C3=C2C(=O)CC(C)(C)C3)cc1OC. The van der Waals surface area contributed by atoms with E-state index < -0.39 is 5.92 Å². The summed E-state index contributed by atoms with van der Waals surface area (Å²) in [6.07, 6.45) is 1.09. The van der Waals surface area contributed by atoms with Gasteiger partial charge in [-0.1, -0.05) is 38.1 Å². The molecule has 6 nitrogen and oxygen atoms in total. The molecule has 0 fully saturated rings. The van der Waals surface area contributed by atoms with Gasteiger partial charge in [0, 0.05) is 23.4 Å². The number of carbonyl (C=O) groups excluding carboxylic acids is 1. The number of methoxy groups -OCH3 is 2. The number of ketones is 1. The normalized spacial score (nSPS) is 20.0. The van der Waals surface area contributed by atoms with E-state index in [1.165, 1.54) is 0 Å². The molecule has 4 rings (SSSR count). The molecular weight excluding hydrogens is 402 g/mol. The molecule has 1 unspecified atom stereocenters. The summed E-state index contributed by atoms with van der Waals surface area (Å²) in [5, 5.41) is 10.2. The van der Waals surface area contributed by atoms with E-state index in [0.717, 1.165) is 16.9 Å². The van der Waals surface area contributed by atoms with Gasteiger partial charge in [0.15, 0.2) is 17.3 Å². The van der Waals surface area contributed by atoms with Crippen molar-refractivity contribution in [3.63, 3.8) is 0 Å². The molecule has 1 atom stereocenters. The van der Waals surface area contributed by atoms with Crippen LogP contribution in [0.1, 0.15) is 38.2 Å². The zero-order chi connectivity index (χ0) is 23.0. The van der Waals surface area contributed by atoms with Gasteiger partial charge in [-0.05, 0) is 41.7 Å². The number of Topliss-reactive ketones (excluding diaryl/α,β-unsaturated/α-hetero) is 1. The van der Waals surface area contributed by atoms with E-state index in [-0.39, 0.29) is 11.2 Å². The monoisotopic (exact) mass is 429 g/mol. The summed E-state index contributed by atoms with van der Waals surface area (Å²) < 4.78 is 10.9. The first-order chi connectivity index (χ1) is 15.3. The number of nitrogens with two attached hydrogens (primary N) is 1. The van der Waals surface area contributed by atoms with Crippen LogP contribution in [0.4, 0.5) is 5.69 Å². The zero-order valence-corrected chi connectivity index (χ0v) is 18.8. The van der Waals surface area contributed by atoms with Crippen LogP contribution in [0.3, 0.4) is 0 Å². The van der Waals surface area contributed by atoms with Crippen LogP contribution in [0.5, 0.6) is 11.5 Å². The molecule has 0 saturated carbocycles. The number of benzene rings is 2. The molecule has 2 N–H and O–H groups in total. The van der Waals surface area contributed by atoms with Gasteiger partial charge in [0.1, 0.15) is 5.82 Å². The number of allylic oxidation sites excluding steroid dienone is 3. The highest BCUT2D eigenvalue weighted by molar-refractivity contribution is 6.01. The van der Waals surface area contributed by atoms with Crippen LogP contribution in [0.2, 0.25) is 0 Å². The standard InChI is InChI=1S/C26H27N3O3/c1-26(2)13-19-24(20(30)14-26)23(16-10-11-21(31-3)22(12-16)32-4)18(15-27)25(28)29(19)17-8-6-5-7-9-17/h5-12,23H,13-14,28H2,1-4H3. The van der Waals surface area contributed by atoms with Crippen molar-refractivity contribution >= 4 is 11.5 Å². The molecule has 1 aliphatic carbocycles. The molecule has 0 amide bonds. The molecule has 0 bridgehead atoms. The molecule has 2 aliphatic rings. The smallest absolute Gasteiger partial charge is 0.162 e. The predicted octanol–water partition coefficient (Wildman–Crippen LogP) is 4.64. The number of rotatable bonds is 4. The van der Waals surface area contributed by atoms with E-state index >= 15 is 0 Å². The molecule has 32 heavy (non-hydrogen) atoms. The van der Waals surface area contributed by atoms with Gasteiger partial charge < -0.3 is 15.2 Å². The van der Waals surface area contributed by atoms with Crippen molar-refractivity contribution in [1.82, 2.24) is 0 Å². The highest BCUT2D eigenvalue weighted by Crippen LogP contribution is 2.50. The van der Waals surface area contributed by atoms with Gasteiger partial charge in [-0.25, -0.2) is 0 Å². The van der Waals surface area contributed by atoms with E-state index in [2.05, 4.69) is 19.9 Å². The summed E-state index contributed by atoms with van der Waals surface area (Å²) in [6, 6.07) is 17.4. The number of hydrogen-bond donors (Lipinski definition) is 1. The topological polar surface area (TPSA) is 88.6 Å². The largest absolute Gasteiger partial charge is 0.493 e. The fourth-order valence-corrected chi connectivity index (χ4v) is 4.75. The Kier molecular flexibility index (Phi) is 5.43. The van der Waals surface area contributed by atoms with Crippen molar-refractivity contribution in [2.24, 2.45) is 11.1 Å². The second-order valence-electron chi connectivity index (χ2n) is 8.93. The molecule has 1 heterocycles. The maximum atomic E-state index is 13.5. The number of para-hydroxylation sites is 1. The minimum absolute atomic E-state index is 0.0391. The third kappa shape index (κ3) is 3.50. The van der Waals surface area contributed by atoms with E-state index in [0.29, 0.717) is 41.3 Å². The van der Waals surface area contributed by atoms with Gasteiger partial charge in [0.2, 0.25) is 0 Å². The van der Waals surface area contributed by atoms with E-state index in [1.807, 2.05) is 47.4 Å². The van der Waals surface area contributed by atoms with Crippen molar-refractivity contribution in [3.05, 3.63) is 76.8 Å².